The van der Waals surface area contributed by atoms with Gasteiger partial charge in [-0.1, -0.05) is 0 Å². The van der Waals surface area contributed by atoms with Crippen LogP contribution in [0, 0.1) is 0 Å². The zero-order valence-corrected chi connectivity index (χ0v) is 11.4. The van der Waals surface area contributed by atoms with Gasteiger partial charge in [-0.15, -0.1) is 0 Å². The predicted octanol–water partition coefficient (Wildman–Crippen LogP) is 1.14. The first-order valence-electron chi connectivity index (χ1n) is 6.70. The second-order valence-corrected chi connectivity index (χ2v) is 4.71. The largest absolute Gasteiger partial charge is 0.462 e. The summed E-state index contributed by atoms with van der Waals surface area (Å²) in [5, 5.41) is 6.08. The second kappa shape index (κ2) is 6.27. The van der Waals surface area contributed by atoms with E-state index in [1.807, 2.05) is 0 Å². The first-order chi connectivity index (χ1) is 9.60. The lowest BCUT2D eigenvalue weighted by molar-refractivity contribution is -0.122. The van der Waals surface area contributed by atoms with Crippen molar-refractivity contribution in [2.75, 3.05) is 24.2 Å². The molecule has 6 nitrogen and oxygen atoms in total. The second-order valence-electron chi connectivity index (χ2n) is 4.71. The smallest absolute Gasteiger partial charge is 0.338 e. The van der Waals surface area contributed by atoms with Crippen molar-refractivity contribution in [1.82, 2.24) is 5.32 Å². The van der Waals surface area contributed by atoms with Gasteiger partial charge in [0, 0.05) is 19.0 Å². The van der Waals surface area contributed by atoms with Crippen LogP contribution >= 0.6 is 0 Å². The molecular formula is C14H19N3O3. The van der Waals surface area contributed by atoms with Gasteiger partial charge in [-0.2, -0.15) is 0 Å². The monoisotopic (exact) mass is 277 g/mol. The number of hydrogen-bond donors (Lipinski definition) is 3. The molecule has 0 radical (unpaired) electrons. The number of nitrogens with two attached hydrogens (primary N) is 1. The molecule has 1 aromatic carbocycles. The molecule has 2 rings (SSSR count). The van der Waals surface area contributed by atoms with Crippen molar-refractivity contribution in [2.45, 2.75) is 25.8 Å². The molecule has 20 heavy (non-hydrogen) atoms. The number of hydrogen-bond acceptors (Lipinski definition) is 5. The third-order valence-corrected chi connectivity index (χ3v) is 3.19. The quantitative estimate of drug-likeness (QED) is 0.567. The summed E-state index contributed by atoms with van der Waals surface area (Å²) in [6.07, 6.45) is 1.28. The van der Waals surface area contributed by atoms with Crippen LogP contribution in [0.3, 0.4) is 0 Å². The van der Waals surface area contributed by atoms with Gasteiger partial charge in [-0.3, -0.25) is 4.79 Å². The maximum Gasteiger partial charge on any atom is 0.338 e. The van der Waals surface area contributed by atoms with Crippen LogP contribution in [0.25, 0.3) is 0 Å². The van der Waals surface area contributed by atoms with Crippen LogP contribution in [0.5, 0.6) is 0 Å². The Balaban J connectivity index is 2.02. The average molecular weight is 277 g/mol. The number of amides is 1. The summed E-state index contributed by atoms with van der Waals surface area (Å²) in [5.74, 6) is -0.302. The van der Waals surface area contributed by atoms with E-state index in [2.05, 4.69) is 10.6 Å². The Hall–Kier alpha value is -2.24. The number of ether oxygens (including phenoxy) is 1. The fraction of sp³-hybridized carbons (Fsp3) is 0.429. The van der Waals surface area contributed by atoms with E-state index in [0.717, 1.165) is 12.1 Å². The predicted molar refractivity (Wildman–Crippen MR) is 76.5 cm³/mol. The molecule has 0 saturated carbocycles. The zero-order valence-electron chi connectivity index (χ0n) is 11.4. The highest BCUT2D eigenvalue weighted by molar-refractivity contribution is 5.92. The van der Waals surface area contributed by atoms with Crippen molar-refractivity contribution in [2.24, 2.45) is 0 Å². The van der Waals surface area contributed by atoms with Crippen LogP contribution in [-0.2, 0) is 9.53 Å². The maximum atomic E-state index is 11.6. The molecule has 6 heteroatoms. The molecule has 1 atom stereocenters. The maximum absolute atomic E-state index is 11.6. The Kier molecular flexibility index (Phi) is 4.45. The van der Waals surface area contributed by atoms with Crippen LogP contribution < -0.4 is 16.4 Å². The Morgan fingerprint density at radius 2 is 2.35 bits per heavy atom. The molecule has 1 unspecified atom stereocenters. The summed E-state index contributed by atoms with van der Waals surface area (Å²) < 4.78 is 4.92. The van der Waals surface area contributed by atoms with Gasteiger partial charge in [0.2, 0.25) is 5.91 Å². The molecule has 1 fully saturated rings. The highest BCUT2D eigenvalue weighted by atomic mass is 16.5. The number of esters is 1. The highest BCUT2D eigenvalue weighted by Crippen LogP contribution is 2.22. The van der Waals surface area contributed by atoms with E-state index < -0.39 is 0 Å². The number of nitrogen functional groups attached to an aromatic ring is 1. The van der Waals surface area contributed by atoms with Crippen molar-refractivity contribution in [1.29, 1.82) is 0 Å². The summed E-state index contributed by atoms with van der Waals surface area (Å²) >= 11 is 0. The van der Waals surface area contributed by atoms with Gasteiger partial charge in [0.25, 0.3) is 0 Å². The molecule has 1 aliphatic heterocycles. The molecule has 1 aliphatic rings. The van der Waals surface area contributed by atoms with E-state index in [9.17, 15) is 9.59 Å². The van der Waals surface area contributed by atoms with Gasteiger partial charge < -0.3 is 21.1 Å². The lowest BCUT2D eigenvalue weighted by Gasteiger charge is -2.25. The van der Waals surface area contributed by atoms with E-state index in [1.54, 1.807) is 25.1 Å². The number of rotatable bonds is 4. The van der Waals surface area contributed by atoms with Crippen molar-refractivity contribution >= 4 is 23.3 Å². The van der Waals surface area contributed by atoms with Crippen LogP contribution in [0.4, 0.5) is 11.4 Å². The molecule has 1 heterocycles. The van der Waals surface area contributed by atoms with E-state index in [4.69, 9.17) is 10.5 Å². The topological polar surface area (TPSA) is 93.4 Å². The van der Waals surface area contributed by atoms with Crippen molar-refractivity contribution < 1.29 is 14.3 Å². The zero-order chi connectivity index (χ0) is 14.5. The molecule has 1 saturated heterocycles. The molecule has 1 aromatic rings. The van der Waals surface area contributed by atoms with E-state index in [-0.39, 0.29) is 17.9 Å². The van der Waals surface area contributed by atoms with Crippen molar-refractivity contribution in [3.63, 3.8) is 0 Å². The SMILES string of the molecule is CCOC(=O)c1ccc(NC2CCC(=O)NC2)c(N)c1. The summed E-state index contributed by atoms with van der Waals surface area (Å²) in [5.41, 5.74) is 7.64. The Labute approximate surface area is 117 Å². The number of carbonyl (C=O) groups is 2. The van der Waals surface area contributed by atoms with Crippen LogP contribution in [0.15, 0.2) is 18.2 Å². The van der Waals surface area contributed by atoms with Gasteiger partial charge in [0.1, 0.15) is 0 Å². The van der Waals surface area contributed by atoms with Crippen LogP contribution in [0.2, 0.25) is 0 Å². The number of anilines is 2. The van der Waals surface area contributed by atoms with Crippen molar-refractivity contribution in [3.8, 4) is 0 Å². The molecule has 1 amide bonds. The number of piperidine rings is 1. The van der Waals surface area contributed by atoms with Gasteiger partial charge >= 0.3 is 5.97 Å². The van der Waals surface area contributed by atoms with Crippen LogP contribution in [-0.4, -0.2) is 31.1 Å². The molecular weight excluding hydrogens is 258 g/mol. The summed E-state index contributed by atoms with van der Waals surface area (Å²) in [4.78, 5) is 22.7. The minimum absolute atomic E-state index is 0.0775. The molecule has 0 aliphatic carbocycles. The van der Waals surface area contributed by atoms with Gasteiger partial charge in [-0.25, -0.2) is 4.79 Å². The standard InChI is InChI=1S/C14H19N3O3/c1-2-20-14(19)9-3-5-12(11(15)7-9)17-10-4-6-13(18)16-8-10/h3,5,7,10,17H,2,4,6,8,15H2,1H3,(H,16,18). The lowest BCUT2D eigenvalue weighted by Crippen LogP contribution is -2.41. The van der Waals surface area contributed by atoms with Gasteiger partial charge in [0.15, 0.2) is 0 Å². The fourth-order valence-corrected chi connectivity index (χ4v) is 2.11. The molecule has 4 N–H and O–H groups in total. The molecule has 0 aromatic heterocycles. The molecule has 108 valence electrons. The average Bonchev–Trinajstić information content (AvgIpc) is 2.43. The molecule has 0 spiro atoms. The van der Waals surface area contributed by atoms with Gasteiger partial charge in [-0.05, 0) is 31.5 Å². The summed E-state index contributed by atoms with van der Waals surface area (Å²) in [6.45, 7) is 2.67. The Bertz CT molecular complexity index is 506. The third-order valence-electron chi connectivity index (χ3n) is 3.19. The normalized spacial score (nSPS) is 18.2. The third kappa shape index (κ3) is 3.40. The van der Waals surface area contributed by atoms with E-state index >= 15 is 0 Å². The van der Waals surface area contributed by atoms with Crippen molar-refractivity contribution in [3.05, 3.63) is 23.8 Å². The Morgan fingerprint density at radius 1 is 1.55 bits per heavy atom. The van der Waals surface area contributed by atoms with Crippen LogP contribution in [0.1, 0.15) is 30.1 Å². The fourth-order valence-electron chi connectivity index (χ4n) is 2.11. The van der Waals surface area contributed by atoms with E-state index in [0.29, 0.717) is 30.8 Å². The first-order valence-corrected chi connectivity index (χ1v) is 6.70. The molecule has 0 bridgehead atoms. The number of benzene rings is 1. The lowest BCUT2D eigenvalue weighted by atomic mass is 10.1. The number of nitrogens with one attached hydrogen (secondary N) is 2. The Morgan fingerprint density at radius 3 is 2.95 bits per heavy atom. The number of carbonyl (C=O) groups excluding carboxylic acids is 2. The highest BCUT2D eigenvalue weighted by Gasteiger charge is 2.18. The summed E-state index contributed by atoms with van der Waals surface area (Å²) in [6, 6.07) is 5.20. The first kappa shape index (κ1) is 14.2. The summed E-state index contributed by atoms with van der Waals surface area (Å²) in [7, 11) is 0. The minimum Gasteiger partial charge on any atom is -0.462 e. The van der Waals surface area contributed by atoms with E-state index in [1.165, 1.54) is 0 Å². The minimum atomic E-state index is -0.379. The van der Waals surface area contributed by atoms with Gasteiger partial charge in [0.05, 0.1) is 23.5 Å².